The first kappa shape index (κ1) is 15.7. The first-order chi connectivity index (χ1) is 8.47. The van der Waals surface area contributed by atoms with Crippen molar-refractivity contribution in [1.29, 1.82) is 0 Å². The Morgan fingerprint density at radius 1 is 1.50 bits per heavy atom. The minimum Gasteiger partial charge on any atom is -0.374 e. The van der Waals surface area contributed by atoms with Crippen LogP contribution in [0.3, 0.4) is 0 Å². The van der Waals surface area contributed by atoms with Gasteiger partial charge in [-0.1, -0.05) is 6.92 Å². The summed E-state index contributed by atoms with van der Waals surface area (Å²) in [6.45, 7) is 10.0. The van der Waals surface area contributed by atoms with Gasteiger partial charge in [0.15, 0.2) is 0 Å². The molecule has 4 nitrogen and oxygen atoms in total. The quantitative estimate of drug-likeness (QED) is 0.839. The van der Waals surface area contributed by atoms with Crippen LogP contribution in [0.4, 0.5) is 0 Å². The molecule has 0 aliphatic heterocycles. The average molecular weight is 318 g/mol. The first-order valence-electron chi connectivity index (χ1n) is 6.50. The normalized spacial score (nSPS) is 13.9. The van der Waals surface area contributed by atoms with Crippen LogP contribution in [-0.2, 0) is 11.3 Å². The van der Waals surface area contributed by atoms with Gasteiger partial charge in [-0.25, -0.2) is 0 Å². The molecule has 0 spiro atoms. The van der Waals surface area contributed by atoms with Crippen molar-refractivity contribution >= 4 is 15.9 Å². The van der Waals surface area contributed by atoms with Crippen molar-refractivity contribution < 1.29 is 4.74 Å². The van der Waals surface area contributed by atoms with Crippen LogP contribution in [-0.4, -0.2) is 29.0 Å². The highest BCUT2D eigenvalue weighted by atomic mass is 79.9. The van der Waals surface area contributed by atoms with E-state index in [1.165, 1.54) is 0 Å². The minimum absolute atomic E-state index is 0.0980. The number of ether oxygens (including phenoxy) is 1. The van der Waals surface area contributed by atoms with Gasteiger partial charge in [-0.2, -0.15) is 5.10 Å². The second-order valence-corrected chi connectivity index (χ2v) is 5.71. The van der Waals surface area contributed by atoms with Crippen molar-refractivity contribution in [2.24, 2.45) is 0 Å². The van der Waals surface area contributed by atoms with Gasteiger partial charge in [-0.3, -0.25) is 4.68 Å². The molecule has 0 aromatic carbocycles. The number of halogens is 1. The van der Waals surface area contributed by atoms with Crippen LogP contribution in [0.1, 0.15) is 45.9 Å². The molecule has 1 aromatic heterocycles. The summed E-state index contributed by atoms with van der Waals surface area (Å²) in [6.07, 6.45) is 2.92. The van der Waals surface area contributed by atoms with Crippen LogP contribution in [0.25, 0.3) is 0 Å². The number of aryl methyl sites for hydroxylation is 1. The zero-order chi connectivity index (χ0) is 13.8. The van der Waals surface area contributed by atoms with Gasteiger partial charge in [-0.05, 0) is 50.2 Å². The Bertz CT molecular complexity index is 376. The molecule has 0 saturated carbocycles. The molecule has 1 N–H and O–H groups in total. The van der Waals surface area contributed by atoms with Crippen LogP contribution in [0.15, 0.2) is 10.7 Å². The van der Waals surface area contributed by atoms with Gasteiger partial charge in [0.25, 0.3) is 0 Å². The summed E-state index contributed by atoms with van der Waals surface area (Å²) < 4.78 is 8.95. The summed E-state index contributed by atoms with van der Waals surface area (Å²) in [6, 6.07) is 0.0980. The number of aromatic nitrogens is 2. The highest BCUT2D eigenvalue weighted by molar-refractivity contribution is 9.10. The molecule has 1 atom stereocenters. The highest BCUT2D eigenvalue weighted by Crippen LogP contribution is 2.33. The van der Waals surface area contributed by atoms with Crippen LogP contribution in [0, 0.1) is 0 Å². The molecule has 0 amide bonds. The van der Waals surface area contributed by atoms with Gasteiger partial charge in [0, 0.05) is 13.2 Å². The predicted molar refractivity (Wildman–Crippen MR) is 77.7 cm³/mol. The number of hydrogen-bond donors (Lipinski definition) is 1. The molecule has 0 aliphatic rings. The molecule has 1 aromatic rings. The molecule has 18 heavy (non-hydrogen) atoms. The summed E-state index contributed by atoms with van der Waals surface area (Å²) in [5.41, 5.74) is 0.871. The van der Waals surface area contributed by atoms with Crippen molar-refractivity contribution in [3.05, 3.63) is 16.4 Å². The van der Waals surface area contributed by atoms with Gasteiger partial charge in [0.2, 0.25) is 0 Å². The first-order valence-corrected chi connectivity index (χ1v) is 7.29. The Kier molecular flexibility index (Phi) is 5.82. The third-order valence-corrected chi connectivity index (χ3v) is 3.65. The lowest BCUT2D eigenvalue weighted by atomic mass is 9.95. The summed E-state index contributed by atoms with van der Waals surface area (Å²) in [5.74, 6) is 0. The zero-order valence-electron chi connectivity index (χ0n) is 12.0. The van der Waals surface area contributed by atoms with E-state index in [-0.39, 0.29) is 11.6 Å². The lowest BCUT2D eigenvalue weighted by Crippen LogP contribution is -2.41. The van der Waals surface area contributed by atoms with Crippen molar-refractivity contribution in [2.45, 2.75) is 52.3 Å². The maximum absolute atomic E-state index is 5.87. The predicted octanol–water partition coefficient (Wildman–Crippen LogP) is 3.13. The van der Waals surface area contributed by atoms with E-state index < -0.39 is 0 Å². The Labute approximate surface area is 118 Å². The SMILES string of the molecule is CCCn1ncc(Br)c1C(NC)C(C)(C)OCC. The lowest BCUT2D eigenvalue weighted by Gasteiger charge is -2.34. The molecule has 5 heteroatoms. The Morgan fingerprint density at radius 3 is 2.67 bits per heavy atom. The highest BCUT2D eigenvalue weighted by Gasteiger charge is 2.34. The fourth-order valence-corrected chi connectivity index (χ4v) is 2.84. The molecule has 0 saturated heterocycles. The van der Waals surface area contributed by atoms with E-state index in [2.05, 4.69) is 47.1 Å². The largest absolute Gasteiger partial charge is 0.374 e. The van der Waals surface area contributed by atoms with E-state index >= 15 is 0 Å². The van der Waals surface area contributed by atoms with E-state index in [0.29, 0.717) is 6.61 Å². The Balaban J connectivity index is 3.11. The molecular formula is C13H24BrN3O. The summed E-state index contributed by atoms with van der Waals surface area (Å²) in [5, 5.41) is 7.78. The van der Waals surface area contributed by atoms with Gasteiger partial charge >= 0.3 is 0 Å². The monoisotopic (exact) mass is 317 g/mol. The van der Waals surface area contributed by atoms with Gasteiger partial charge in [-0.15, -0.1) is 0 Å². The van der Waals surface area contributed by atoms with Crippen molar-refractivity contribution in [2.75, 3.05) is 13.7 Å². The van der Waals surface area contributed by atoms with E-state index in [1.807, 2.05) is 24.9 Å². The topological polar surface area (TPSA) is 39.1 Å². The number of nitrogens with zero attached hydrogens (tertiary/aromatic N) is 2. The zero-order valence-corrected chi connectivity index (χ0v) is 13.5. The fraction of sp³-hybridized carbons (Fsp3) is 0.769. The van der Waals surface area contributed by atoms with E-state index in [4.69, 9.17) is 4.74 Å². The molecule has 0 radical (unpaired) electrons. The van der Waals surface area contributed by atoms with Gasteiger partial charge in [0.05, 0.1) is 28.0 Å². The molecule has 1 heterocycles. The maximum atomic E-state index is 5.87. The Hall–Kier alpha value is -0.390. The molecular weight excluding hydrogens is 294 g/mol. The average Bonchev–Trinajstić information content (AvgIpc) is 2.63. The molecule has 1 unspecified atom stereocenters. The third-order valence-electron chi connectivity index (χ3n) is 3.04. The number of rotatable bonds is 7. The van der Waals surface area contributed by atoms with Crippen molar-refractivity contribution in [1.82, 2.24) is 15.1 Å². The van der Waals surface area contributed by atoms with Gasteiger partial charge in [0.1, 0.15) is 0 Å². The molecule has 0 fully saturated rings. The van der Waals surface area contributed by atoms with Crippen LogP contribution in [0.2, 0.25) is 0 Å². The molecule has 0 bridgehead atoms. The third kappa shape index (κ3) is 3.33. The van der Waals surface area contributed by atoms with Crippen LogP contribution in [0.5, 0.6) is 0 Å². The summed E-state index contributed by atoms with van der Waals surface area (Å²) in [4.78, 5) is 0. The summed E-state index contributed by atoms with van der Waals surface area (Å²) in [7, 11) is 1.96. The van der Waals surface area contributed by atoms with E-state index in [0.717, 1.165) is 23.1 Å². The molecule has 1 rings (SSSR count). The number of hydrogen-bond acceptors (Lipinski definition) is 3. The maximum Gasteiger partial charge on any atom is 0.0835 e. The smallest absolute Gasteiger partial charge is 0.0835 e. The lowest BCUT2D eigenvalue weighted by molar-refractivity contribution is -0.0396. The standard InChI is InChI=1S/C13H24BrN3O/c1-6-8-17-11(10(14)9-16-17)12(15-5)13(3,4)18-7-2/h9,12,15H,6-8H2,1-5H3. The molecule has 104 valence electrons. The van der Waals surface area contributed by atoms with Crippen molar-refractivity contribution in [3.8, 4) is 0 Å². The Morgan fingerprint density at radius 2 is 2.17 bits per heavy atom. The van der Waals surface area contributed by atoms with Crippen LogP contribution >= 0.6 is 15.9 Å². The van der Waals surface area contributed by atoms with E-state index in [9.17, 15) is 0 Å². The fourth-order valence-electron chi connectivity index (χ4n) is 2.32. The van der Waals surface area contributed by atoms with Gasteiger partial charge < -0.3 is 10.1 Å². The van der Waals surface area contributed by atoms with Crippen molar-refractivity contribution in [3.63, 3.8) is 0 Å². The van der Waals surface area contributed by atoms with E-state index in [1.54, 1.807) is 0 Å². The number of nitrogens with one attached hydrogen (secondary N) is 1. The second kappa shape index (κ2) is 6.68. The second-order valence-electron chi connectivity index (χ2n) is 4.86. The number of likely N-dealkylation sites (N-methyl/N-ethyl adjacent to an activating group) is 1. The summed E-state index contributed by atoms with van der Waals surface area (Å²) >= 11 is 3.59. The van der Waals surface area contributed by atoms with Crippen LogP contribution < -0.4 is 5.32 Å². The molecule has 0 aliphatic carbocycles. The minimum atomic E-state index is -0.280.